The zero-order valence-corrected chi connectivity index (χ0v) is 17.4. The molecule has 4 nitrogen and oxygen atoms in total. The van der Waals surface area contributed by atoms with Crippen LogP contribution in [-0.4, -0.2) is 22.3 Å². The van der Waals surface area contributed by atoms with Crippen LogP contribution < -0.4 is 5.32 Å². The second kappa shape index (κ2) is 8.55. The van der Waals surface area contributed by atoms with E-state index in [1.54, 1.807) is 11.1 Å². The van der Waals surface area contributed by atoms with Crippen molar-refractivity contribution >= 4 is 22.9 Å². The highest BCUT2D eigenvalue weighted by Gasteiger charge is 2.30. The van der Waals surface area contributed by atoms with Gasteiger partial charge in [0.1, 0.15) is 5.01 Å². The van der Waals surface area contributed by atoms with Gasteiger partial charge in [-0.25, -0.2) is 4.98 Å². The first kappa shape index (κ1) is 21.1. The Morgan fingerprint density at radius 1 is 1.23 bits per heavy atom. The fourth-order valence-electron chi connectivity index (χ4n) is 3.66. The van der Waals surface area contributed by atoms with Gasteiger partial charge in [0.15, 0.2) is 0 Å². The summed E-state index contributed by atoms with van der Waals surface area (Å²) in [6, 6.07) is 9.14. The van der Waals surface area contributed by atoms with Crippen molar-refractivity contribution in [3.8, 4) is 11.1 Å². The van der Waals surface area contributed by atoms with Gasteiger partial charge in [-0.05, 0) is 53.5 Å². The number of aromatic nitrogens is 1. The molecule has 3 aromatic rings. The lowest BCUT2D eigenvalue weighted by molar-refractivity contribution is -0.137. The monoisotopic (exact) mass is 443 g/mol. The first-order chi connectivity index (χ1) is 14.8. The average molecular weight is 443 g/mol. The number of nitrogens with one attached hydrogen (secondary N) is 1. The fourth-order valence-corrected chi connectivity index (χ4v) is 4.22. The molecule has 0 fully saturated rings. The van der Waals surface area contributed by atoms with Crippen molar-refractivity contribution in [2.45, 2.75) is 25.7 Å². The molecular weight excluding hydrogens is 423 g/mol. The van der Waals surface area contributed by atoms with E-state index in [1.165, 1.54) is 29.5 Å². The molecule has 0 atom stereocenters. The molecule has 0 radical (unpaired) electrons. The van der Waals surface area contributed by atoms with E-state index in [2.05, 4.69) is 16.9 Å². The van der Waals surface area contributed by atoms with Gasteiger partial charge in [0, 0.05) is 35.9 Å². The smallest absolute Gasteiger partial charge is 0.378 e. The Balaban J connectivity index is 1.71. The SMILES string of the molecule is C=CC(=O)N1CCc2cc(NCc3nccs3)c(-c3ccc(C(F)(F)F)cc3)cc2C1. The van der Waals surface area contributed by atoms with Gasteiger partial charge >= 0.3 is 6.18 Å². The van der Waals surface area contributed by atoms with Crippen LogP contribution in [0.25, 0.3) is 11.1 Å². The standard InChI is InChI=1S/C23H20F3N3OS/c1-2-22(30)29-9-7-16-12-20(28-13-21-27-8-10-31-21)19(11-17(16)14-29)15-3-5-18(6-4-15)23(24,25)26/h2-6,8,10-12,28H,1,7,9,13-14H2. The Morgan fingerprint density at radius 2 is 2.00 bits per heavy atom. The third-order valence-corrected chi connectivity index (χ3v) is 6.05. The Labute approximate surface area is 182 Å². The zero-order valence-electron chi connectivity index (χ0n) is 16.6. The summed E-state index contributed by atoms with van der Waals surface area (Å²) in [5.74, 6) is -0.132. The Morgan fingerprint density at radius 3 is 2.65 bits per heavy atom. The summed E-state index contributed by atoms with van der Waals surface area (Å²) in [4.78, 5) is 18.0. The molecule has 0 spiro atoms. The number of amides is 1. The molecule has 1 amide bonds. The van der Waals surface area contributed by atoms with Crippen molar-refractivity contribution in [3.63, 3.8) is 0 Å². The summed E-state index contributed by atoms with van der Waals surface area (Å²) in [6.45, 7) is 5.11. The number of benzene rings is 2. The van der Waals surface area contributed by atoms with Crippen LogP contribution in [0.3, 0.4) is 0 Å². The number of anilines is 1. The summed E-state index contributed by atoms with van der Waals surface area (Å²) in [7, 11) is 0. The van der Waals surface area contributed by atoms with Gasteiger partial charge in [0.25, 0.3) is 0 Å². The minimum Gasteiger partial charge on any atom is -0.378 e. The van der Waals surface area contributed by atoms with Crippen LogP contribution in [0.1, 0.15) is 21.7 Å². The number of carbonyl (C=O) groups is 1. The molecule has 0 aliphatic carbocycles. The Hall–Kier alpha value is -3.13. The van der Waals surface area contributed by atoms with Crippen LogP contribution in [0, 0.1) is 0 Å². The highest BCUT2D eigenvalue weighted by atomic mass is 32.1. The largest absolute Gasteiger partial charge is 0.416 e. The lowest BCUT2D eigenvalue weighted by atomic mass is 9.92. The van der Waals surface area contributed by atoms with E-state index in [4.69, 9.17) is 0 Å². The molecule has 1 N–H and O–H groups in total. The molecule has 1 aliphatic rings. The van der Waals surface area contributed by atoms with Crippen molar-refractivity contribution in [2.24, 2.45) is 0 Å². The molecule has 8 heteroatoms. The van der Waals surface area contributed by atoms with Gasteiger partial charge in [-0.1, -0.05) is 18.7 Å². The van der Waals surface area contributed by atoms with Crippen LogP contribution in [0.4, 0.5) is 18.9 Å². The lowest BCUT2D eigenvalue weighted by Crippen LogP contribution is -2.34. The van der Waals surface area contributed by atoms with Crippen LogP contribution in [-0.2, 0) is 30.5 Å². The van der Waals surface area contributed by atoms with Gasteiger partial charge in [-0.3, -0.25) is 4.79 Å². The van der Waals surface area contributed by atoms with Crippen molar-refractivity contribution in [1.82, 2.24) is 9.88 Å². The van der Waals surface area contributed by atoms with Gasteiger partial charge in [-0.15, -0.1) is 11.3 Å². The molecule has 0 saturated heterocycles. The molecule has 0 bridgehead atoms. The van der Waals surface area contributed by atoms with Crippen molar-refractivity contribution in [2.75, 3.05) is 11.9 Å². The number of alkyl halides is 3. The van der Waals surface area contributed by atoms with Crippen LogP contribution >= 0.6 is 11.3 Å². The molecular formula is C23H20F3N3OS. The third kappa shape index (κ3) is 4.64. The van der Waals surface area contributed by atoms with Gasteiger partial charge < -0.3 is 10.2 Å². The van der Waals surface area contributed by atoms with E-state index in [-0.39, 0.29) is 5.91 Å². The minimum atomic E-state index is -4.38. The topological polar surface area (TPSA) is 45.2 Å². The van der Waals surface area contributed by atoms with Crippen molar-refractivity contribution in [1.29, 1.82) is 0 Å². The van der Waals surface area contributed by atoms with Crippen LogP contribution in [0.5, 0.6) is 0 Å². The van der Waals surface area contributed by atoms with E-state index >= 15 is 0 Å². The summed E-state index contributed by atoms with van der Waals surface area (Å²) in [6.07, 6.45) is -0.651. The number of hydrogen-bond acceptors (Lipinski definition) is 4. The number of carbonyl (C=O) groups excluding carboxylic acids is 1. The molecule has 0 unspecified atom stereocenters. The molecule has 1 aromatic heterocycles. The summed E-state index contributed by atoms with van der Waals surface area (Å²) in [5.41, 5.74) is 3.70. The number of fused-ring (bicyclic) bond motifs is 1. The number of nitrogens with zero attached hydrogens (tertiary/aromatic N) is 2. The van der Waals surface area contributed by atoms with Crippen LogP contribution in [0.2, 0.25) is 0 Å². The number of hydrogen-bond donors (Lipinski definition) is 1. The van der Waals surface area contributed by atoms with Gasteiger partial charge in [0.05, 0.1) is 12.1 Å². The summed E-state index contributed by atoms with van der Waals surface area (Å²) < 4.78 is 39.0. The van der Waals surface area contributed by atoms with Crippen LogP contribution in [0.15, 0.2) is 60.6 Å². The Kier molecular flexibility index (Phi) is 5.82. The first-order valence-electron chi connectivity index (χ1n) is 9.72. The maximum atomic E-state index is 13.0. The predicted molar refractivity (Wildman–Crippen MR) is 116 cm³/mol. The minimum absolute atomic E-state index is 0.132. The molecule has 0 saturated carbocycles. The average Bonchev–Trinajstić information content (AvgIpc) is 3.29. The molecule has 4 rings (SSSR count). The van der Waals surface area contributed by atoms with E-state index in [9.17, 15) is 18.0 Å². The van der Waals surface area contributed by atoms with E-state index in [0.29, 0.717) is 31.6 Å². The van der Waals surface area contributed by atoms with E-state index in [1.807, 2.05) is 17.5 Å². The molecule has 2 aromatic carbocycles. The predicted octanol–water partition coefficient (Wildman–Crippen LogP) is 5.51. The molecule has 31 heavy (non-hydrogen) atoms. The molecule has 160 valence electrons. The zero-order chi connectivity index (χ0) is 22.0. The highest BCUT2D eigenvalue weighted by Crippen LogP contribution is 2.36. The maximum Gasteiger partial charge on any atom is 0.416 e. The first-order valence-corrected chi connectivity index (χ1v) is 10.6. The second-order valence-corrected chi connectivity index (χ2v) is 8.21. The highest BCUT2D eigenvalue weighted by molar-refractivity contribution is 7.09. The quantitative estimate of drug-likeness (QED) is 0.529. The second-order valence-electron chi connectivity index (χ2n) is 7.23. The molecule has 2 heterocycles. The molecule has 1 aliphatic heterocycles. The lowest BCUT2D eigenvalue weighted by Gasteiger charge is -2.29. The van der Waals surface area contributed by atoms with E-state index in [0.717, 1.165) is 39.5 Å². The van der Waals surface area contributed by atoms with Gasteiger partial charge in [-0.2, -0.15) is 13.2 Å². The maximum absolute atomic E-state index is 13.0. The normalized spacial score (nSPS) is 13.6. The van der Waals surface area contributed by atoms with Crippen molar-refractivity contribution in [3.05, 3.63) is 82.3 Å². The Bertz CT molecular complexity index is 1090. The summed E-state index contributed by atoms with van der Waals surface area (Å²) in [5, 5.41) is 6.19. The fraction of sp³-hybridized carbons (Fsp3) is 0.217. The third-order valence-electron chi connectivity index (χ3n) is 5.28. The number of rotatable bonds is 5. The van der Waals surface area contributed by atoms with Gasteiger partial charge in [0.2, 0.25) is 5.91 Å². The summed E-state index contributed by atoms with van der Waals surface area (Å²) >= 11 is 1.53. The number of halogens is 3. The van der Waals surface area contributed by atoms with Crippen molar-refractivity contribution < 1.29 is 18.0 Å². The van der Waals surface area contributed by atoms with E-state index < -0.39 is 11.7 Å². The number of thiazole rings is 1.